The summed E-state index contributed by atoms with van der Waals surface area (Å²) in [5.74, 6) is -0.0569. The zero-order chi connectivity index (χ0) is 20.3. The van der Waals surface area contributed by atoms with E-state index < -0.39 is 12.7 Å². The second-order valence-corrected chi connectivity index (χ2v) is 8.08. The Kier molecular flexibility index (Phi) is 18.3. The molecular weight excluding hydrogens is 342 g/mol. The van der Waals surface area contributed by atoms with E-state index in [2.05, 4.69) is 13.8 Å². The van der Waals surface area contributed by atoms with Crippen LogP contribution >= 0.6 is 0 Å². The third-order valence-electron chi connectivity index (χ3n) is 5.21. The molecule has 0 fully saturated rings. The molecular formula is C22H45NO4. The van der Waals surface area contributed by atoms with Crippen molar-refractivity contribution in [1.82, 2.24) is 4.90 Å². The van der Waals surface area contributed by atoms with Crippen LogP contribution < -0.4 is 0 Å². The minimum absolute atomic E-state index is 0.0820. The molecule has 0 saturated heterocycles. The molecule has 0 heterocycles. The predicted molar refractivity (Wildman–Crippen MR) is 112 cm³/mol. The van der Waals surface area contributed by atoms with E-state index in [1.807, 2.05) is 0 Å². The molecule has 0 aliphatic carbocycles. The highest BCUT2D eigenvalue weighted by Crippen LogP contribution is 2.15. The molecule has 1 amide bonds. The lowest BCUT2D eigenvalue weighted by Crippen LogP contribution is -2.42. The summed E-state index contributed by atoms with van der Waals surface area (Å²) in [6.45, 7) is 4.04. The molecule has 0 aromatic heterocycles. The van der Waals surface area contributed by atoms with Gasteiger partial charge in [-0.3, -0.25) is 4.79 Å². The fourth-order valence-electron chi connectivity index (χ4n) is 3.49. The number of rotatable bonds is 19. The number of aliphatic hydroxyl groups is 3. The summed E-state index contributed by atoms with van der Waals surface area (Å²) in [5, 5.41) is 27.6. The Labute approximate surface area is 167 Å². The molecule has 0 bridgehead atoms. The molecule has 5 nitrogen and oxygen atoms in total. The van der Waals surface area contributed by atoms with Gasteiger partial charge in [0.1, 0.15) is 6.61 Å². The Morgan fingerprint density at radius 3 is 1.74 bits per heavy atom. The van der Waals surface area contributed by atoms with Gasteiger partial charge in [0.05, 0.1) is 12.7 Å². The van der Waals surface area contributed by atoms with Crippen molar-refractivity contribution in [2.75, 3.05) is 26.3 Å². The number of hydrogen-bond donors (Lipinski definition) is 3. The molecule has 0 spiro atoms. The lowest BCUT2D eigenvalue weighted by Gasteiger charge is -2.27. The number of hydrogen-bond acceptors (Lipinski definition) is 4. The Bertz CT molecular complexity index is 338. The fourth-order valence-corrected chi connectivity index (χ4v) is 3.49. The van der Waals surface area contributed by atoms with Gasteiger partial charge in [-0.15, -0.1) is 0 Å². The quantitative estimate of drug-likeness (QED) is 0.294. The van der Waals surface area contributed by atoms with Crippen molar-refractivity contribution in [3.05, 3.63) is 0 Å². The van der Waals surface area contributed by atoms with E-state index in [4.69, 9.17) is 10.2 Å². The van der Waals surface area contributed by atoms with Crippen molar-refractivity contribution < 1.29 is 20.1 Å². The third kappa shape index (κ3) is 16.0. The van der Waals surface area contributed by atoms with E-state index in [1.165, 1.54) is 75.5 Å². The lowest BCUT2D eigenvalue weighted by atomic mass is 10.0. The molecule has 0 radical (unpaired) electrons. The topological polar surface area (TPSA) is 81.0 Å². The SMILES string of the molecule is CCCCCCCCCCCCCCC(C)CN(CC(O)CO)C(=O)CO. The van der Waals surface area contributed by atoms with Crippen LogP contribution in [0.5, 0.6) is 0 Å². The molecule has 0 aliphatic heterocycles. The number of unbranched alkanes of at least 4 members (excludes halogenated alkanes) is 11. The first kappa shape index (κ1) is 26.4. The minimum atomic E-state index is -0.945. The zero-order valence-electron chi connectivity index (χ0n) is 17.9. The van der Waals surface area contributed by atoms with Gasteiger partial charge < -0.3 is 20.2 Å². The van der Waals surface area contributed by atoms with Crippen LogP contribution in [0.1, 0.15) is 97.3 Å². The van der Waals surface area contributed by atoms with Gasteiger partial charge in [-0.05, 0) is 12.3 Å². The average molecular weight is 388 g/mol. The first-order valence-corrected chi connectivity index (χ1v) is 11.2. The Morgan fingerprint density at radius 2 is 1.30 bits per heavy atom. The van der Waals surface area contributed by atoms with Gasteiger partial charge in [0.25, 0.3) is 0 Å². The zero-order valence-corrected chi connectivity index (χ0v) is 17.9. The number of nitrogens with zero attached hydrogens (tertiary/aromatic N) is 1. The molecule has 0 aromatic rings. The van der Waals surface area contributed by atoms with E-state index in [0.29, 0.717) is 12.5 Å². The summed E-state index contributed by atoms with van der Waals surface area (Å²) in [5.41, 5.74) is 0. The highest BCUT2D eigenvalue weighted by Gasteiger charge is 2.18. The van der Waals surface area contributed by atoms with Gasteiger partial charge in [0.2, 0.25) is 5.91 Å². The van der Waals surface area contributed by atoms with Crippen LogP contribution in [0.4, 0.5) is 0 Å². The average Bonchev–Trinajstić information content (AvgIpc) is 2.67. The van der Waals surface area contributed by atoms with Crippen LogP contribution in [0.2, 0.25) is 0 Å². The van der Waals surface area contributed by atoms with Crippen LogP contribution in [-0.4, -0.2) is 58.5 Å². The lowest BCUT2D eigenvalue weighted by molar-refractivity contribution is -0.136. The molecule has 3 N–H and O–H groups in total. The third-order valence-corrected chi connectivity index (χ3v) is 5.21. The summed E-state index contributed by atoms with van der Waals surface area (Å²) < 4.78 is 0. The van der Waals surface area contributed by atoms with Crippen LogP contribution in [0.3, 0.4) is 0 Å². The highest BCUT2D eigenvalue weighted by atomic mass is 16.3. The Morgan fingerprint density at radius 1 is 0.815 bits per heavy atom. The highest BCUT2D eigenvalue weighted by molar-refractivity contribution is 5.77. The van der Waals surface area contributed by atoms with Gasteiger partial charge in [-0.2, -0.15) is 0 Å². The van der Waals surface area contributed by atoms with Crippen molar-refractivity contribution in [1.29, 1.82) is 0 Å². The van der Waals surface area contributed by atoms with E-state index in [0.717, 1.165) is 12.8 Å². The Balaban J connectivity index is 3.65. The molecule has 0 aromatic carbocycles. The molecule has 5 heteroatoms. The number of aliphatic hydroxyl groups excluding tert-OH is 3. The molecule has 2 unspecified atom stereocenters. The van der Waals surface area contributed by atoms with Crippen molar-refractivity contribution in [3.63, 3.8) is 0 Å². The van der Waals surface area contributed by atoms with Crippen LogP contribution in [0.25, 0.3) is 0 Å². The van der Waals surface area contributed by atoms with Crippen molar-refractivity contribution in [3.8, 4) is 0 Å². The maximum absolute atomic E-state index is 11.8. The van der Waals surface area contributed by atoms with Gasteiger partial charge in [-0.25, -0.2) is 0 Å². The minimum Gasteiger partial charge on any atom is -0.394 e. The molecule has 0 rings (SSSR count). The smallest absolute Gasteiger partial charge is 0.248 e. The van der Waals surface area contributed by atoms with E-state index in [9.17, 15) is 9.90 Å². The maximum atomic E-state index is 11.8. The summed E-state index contributed by atoms with van der Waals surface area (Å²) in [7, 11) is 0. The maximum Gasteiger partial charge on any atom is 0.248 e. The summed E-state index contributed by atoms with van der Waals surface area (Å²) in [4.78, 5) is 13.2. The predicted octanol–water partition coefficient (Wildman–Crippen LogP) is 3.89. The summed E-state index contributed by atoms with van der Waals surface area (Å²) >= 11 is 0. The standard InChI is InChI=1S/C22H45NO4/c1-3-4-5-6-7-8-9-10-11-12-13-14-15-20(2)16-23(22(27)19-25)17-21(26)18-24/h20-21,24-26H,3-19H2,1-2H3. The van der Waals surface area contributed by atoms with Gasteiger partial charge in [-0.1, -0.05) is 90.9 Å². The second-order valence-electron chi connectivity index (χ2n) is 8.08. The summed E-state index contributed by atoms with van der Waals surface area (Å²) in [6.07, 6.45) is 16.1. The number of amides is 1. The summed E-state index contributed by atoms with van der Waals surface area (Å²) in [6, 6.07) is 0. The second kappa shape index (κ2) is 18.7. The van der Waals surface area contributed by atoms with Gasteiger partial charge in [0.15, 0.2) is 0 Å². The molecule has 0 saturated carbocycles. The van der Waals surface area contributed by atoms with Crippen LogP contribution in [0.15, 0.2) is 0 Å². The first-order valence-electron chi connectivity index (χ1n) is 11.2. The van der Waals surface area contributed by atoms with E-state index >= 15 is 0 Å². The molecule has 0 aliphatic rings. The molecule has 162 valence electrons. The number of carbonyl (C=O) groups excluding carboxylic acids is 1. The van der Waals surface area contributed by atoms with E-state index in [1.54, 1.807) is 0 Å². The molecule has 2 atom stereocenters. The van der Waals surface area contributed by atoms with Crippen LogP contribution in [-0.2, 0) is 4.79 Å². The van der Waals surface area contributed by atoms with Crippen molar-refractivity contribution >= 4 is 5.91 Å². The fraction of sp³-hybridized carbons (Fsp3) is 0.955. The number of carbonyl (C=O) groups is 1. The van der Waals surface area contributed by atoms with E-state index in [-0.39, 0.29) is 19.1 Å². The van der Waals surface area contributed by atoms with Crippen molar-refractivity contribution in [2.45, 2.75) is 103 Å². The normalized spacial score (nSPS) is 13.5. The van der Waals surface area contributed by atoms with Gasteiger partial charge in [0, 0.05) is 13.1 Å². The van der Waals surface area contributed by atoms with Gasteiger partial charge >= 0.3 is 0 Å². The van der Waals surface area contributed by atoms with Crippen LogP contribution in [0, 0.1) is 5.92 Å². The first-order chi connectivity index (χ1) is 13.0. The Hall–Kier alpha value is -0.650. The monoisotopic (exact) mass is 387 g/mol. The molecule has 27 heavy (non-hydrogen) atoms. The largest absolute Gasteiger partial charge is 0.394 e. The van der Waals surface area contributed by atoms with Crippen molar-refractivity contribution in [2.24, 2.45) is 5.92 Å².